The monoisotopic (exact) mass is 250 g/mol. The van der Waals surface area contributed by atoms with Gasteiger partial charge in [-0.25, -0.2) is 9.78 Å². The summed E-state index contributed by atoms with van der Waals surface area (Å²) >= 11 is 0. The van der Waals surface area contributed by atoms with Crippen molar-refractivity contribution in [2.75, 3.05) is 13.1 Å². The van der Waals surface area contributed by atoms with Crippen LogP contribution in [0.5, 0.6) is 0 Å². The summed E-state index contributed by atoms with van der Waals surface area (Å²) < 4.78 is 0. The molecule has 2 N–H and O–H groups in total. The number of aromatic nitrogens is 1. The summed E-state index contributed by atoms with van der Waals surface area (Å²) in [5.74, 6) is -1.29. The number of carboxylic acid groups (broad SMARTS) is 1. The minimum atomic E-state index is -1.12. The Kier molecular flexibility index (Phi) is 3.57. The zero-order valence-corrected chi connectivity index (χ0v) is 9.74. The number of carboxylic acids is 1. The lowest BCUT2D eigenvalue weighted by atomic mass is 10.1. The van der Waals surface area contributed by atoms with Crippen molar-refractivity contribution in [1.82, 2.24) is 9.88 Å². The van der Waals surface area contributed by atoms with Gasteiger partial charge < -0.3 is 15.1 Å². The van der Waals surface area contributed by atoms with Crippen molar-refractivity contribution in [2.45, 2.75) is 18.9 Å². The first-order valence-electron chi connectivity index (χ1n) is 5.74. The highest BCUT2D eigenvalue weighted by atomic mass is 16.4. The van der Waals surface area contributed by atoms with Gasteiger partial charge in [0, 0.05) is 19.3 Å². The Morgan fingerprint density at radius 2 is 1.94 bits per heavy atom. The fraction of sp³-hybridized carbons (Fsp3) is 0.417. The number of amides is 1. The zero-order chi connectivity index (χ0) is 13.1. The maximum absolute atomic E-state index is 12.0. The number of hydrogen-bond donors (Lipinski definition) is 2. The molecule has 0 aromatic carbocycles. The molecular formula is C12H14N2O4. The van der Waals surface area contributed by atoms with Crippen LogP contribution < -0.4 is 0 Å². The number of hydrogen-bond acceptors (Lipinski definition) is 4. The van der Waals surface area contributed by atoms with E-state index in [0.717, 1.165) is 0 Å². The number of carbonyl (C=O) groups excluding carboxylic acids is 1. The highest BCUT2D eigenvalue weighted by molar-refractivity contribution is 5.94. The Balaban J connectivity index is 2.07. The van der Waals surface area contributed by atoms with Gasteiger partial charge in [-0.3, -0.25) is 4.79 Å². The van der Waals surface area contributed by atoms with Gasteiger partial charge in [-0.05, 0) is 25.0 Å². The van der Waals surface area contributed by atoms with E-state index in [1.54, 1.807) is 4.90 Å². The molecule has 18 heavy (non-hydrogen) atoms. The predicted molar refractivity (Wildman–Crippen MR) is 62.3 cm³/mol. The molecule has 0 saturated carbocycles. The second-order valence-corrected chi connectivity index (χ2v) is 4.26. The summed E-state index contributed by atoms with van der Waals surface area (Å²) in [7, 11) is 0. The van der Waals surface area contributed by atoms with E-state index in [0.29, 0.717) is 31.5 Å². The van der Waals surface area contributed by atoms with E-state index in [1.807, 2.05) is 0 Å². The summed E-state index contributed by atoms with van der Waals surface area (Å²) in [6.45, 7) is 1.03. The van der Waals surface area contributed by atoms with Gasteiger partial charge in [0.15, 0.2) is 0 Å². The lowest BCUT2D eigenvalue weighted by Gasteiger charge is -2.29. The van der Waals surface area contributed by atoms with Crippen molar-refractivity contribution in [3.63, 3.8) is 0 Å². The van der Waals surface area contributed by atoms with Crippen LogP contribution >= 0.6 is 0 Å². The Labute approximate surface area is 104 Å². The van der Waals surface area contributed by atoms with Crippen molar-refractivity contribution in [3.05, 3.63) is 29.6 Å². The Morgan fingerprint density at radius 3 is 2.44 bits per heavy atom. The third-order valence-electron chi connectivity index (χ3n) is 2.98. The molecule has 1 saturated heterocycles. The lowest BCUT2D eigenvalue weighted by molar-refractivity contribution is 0.0544. The molecule has 0 atom stereocenters. The van der Waals surface area contributed by atoms with E-state index < -0.39 is 5.97 Å². The predicted octanol–water partition coefficient (Wildman–Crippen LogP) is 0.377. The molecule has 0 aliphatic carbocycles. The molecule has 1 aliphatic heterocycles. The maximum atomic E-state index is 12.0. The van der Waals surface area contributed by atoms with E-state index in [2.05, 4.69) is 4.98 Å². The third-order valence-corrected chi connectivity index (χ3v) is 2.98. The van der Waals surface area contributed by atoms with Crippen molar-refractivity contribution < 1.29 is 19.8 Å². The van der Waals surface area contributed by atoms with Gasteiger partial charge in [0.25, 0.3) is 5.91 Å². The van der Waals surface area contributed by atoms with Crippen LogP contribution in [-0.4, -0.2) is 51.2 Å². The lowest BCUT2D eigenvalue weighted by Crippen LogP contribution is -2.40. The summed E-state index contributed by atoms with van der Waals surface area (Å²) in [6.07, 6.45) is 2.09. The average Bonchev–Trinajstić information content (AvgIpc) is 2.39. The molecule has 0 bridgehead atoms. The van der Waals surface area contributed by atoms with Gasteiger partial charge in [0.05, 0.1) is 11.7 Å². The van der Waals surface area contributed by atoms with Crippen LogP contribution in [0.2, 0.25) is 0 Å². The average molecular weight is 250 g/mol. The van der Waals surface area contributed by atoms with Crippen LogP contribution in [0.15, 0.2) is 18.3 Å². The number of aromatic carboxylic acids is 1. The normalized spacial score (nSPS) is 16.6. The first kappa shape index (κ1) is 12.5. The van der Waals surface area contributed by atoms with Crippen LogP contribution in [0, 0.1) is 0 Å². The molecule has 1 aromatic rings. The number of likely N-dealkylation sites (tertiary alicyclic amines) is 1. The van der Waals surface area contributed by atoms with E-state index in [4.69, 9.17) is 5.11 Å². The molecule has 1 aliphatic rings. The molecule has 1 amide bonds. The van der Waals surface area contributed by atoms with Crippen LogP contribution in [0.1, 0.15) is 33.7 Å². The fourth-order valence-corrected chi connectivity index (χ4v) is 1.90. The number of carbonyl (C=O) groups is 2. The third kappa shape index (κ3) is 2.65. The van der Waals surface area contributed by atoms with E-state index in [1.165, 1.54) is 18.3 Å². The van der Waals surface area contributed by atoms with Gasteiger partial charge in [-0.2, -0.15) is 0 Å². The van der Waals surface area contributed by atoms with Crippen molar-refractivity contribution >= 4 is 11.9 Å². The highest BCUT2D eigenvalue weighted by Gasteiger charge is 2.22. The Morgan fingerprint density at radius 1 is 1.28 bits per heavy atom. The standard InChI is InChI=1S/C12H14N2O4/c15-9-3-5-14(6-4-9)11(16)8-1-2-10(12(17)18)13-7-8/h1-2,7,9,15H,3-6H2,(H,17,18). The van der Waals surface area contributed by atoms with Gasteiger partial charge in [0.1, 0.15) is 5.69 Å². The molecule has 0 radical (unpaired) electrons. The number of nitrogens with zero attached hydrogens (tertiary/aromatic N) is 2. The molecule has 6 nitrogen and oxygen atoms in total. The summed E-state index contributed by atoms with van der Waals surface area (Å²) in [6, 6.07) is 2.78. The molecule has 0 unspecified atom stereocenters. The van der Waals surface area contributed by atoms with E-state index >= 15 is 0 Å². The molecule has 1 aromatic heterocycles. The number of aliphatic hydroxyl groups is 1. The van der Waals surface area contributed by atoms with Gasteiger partial charge in [-0.15, -0.1) is 0 Å². The van der Waals surface area contributed by atoms with Crippen molar-refractivity contribution in [3.8, 4) is 0 Å². The van der Waals surface area contributed by atoms with Gasteiger partial charge >= 0.3 is 5.97 Å². The molecule has 6 heteroatoms. The van der Waals surface area contributed by atoms with Crippen LogP contribution in [0.4, 0.5) is 0 Å². The smallest absolute Gasteiger partial charge is 0.354 e. The second kappa shape index (κ2) is 5.14. The fourth-order valence-electron chi connectivity index (χ4n) is 1.90. The zero-order valence-electron chi connectivity index (χ0n) is 9.74. The maximum Gasteiger partial charge on any atom is 0.354 e. The van der Waals surface area contributed by atoms with Crippen molar-refractivity contribution in [1.29, 1.82) is 0 Å². The summed E-state index contributed by atoms with van der Waals surface area (Å²) in [5.41, 5.74) is 0.289. The molecule has 1 fully saturated rings. The molecule has 96 valence electrons. The van der Waals surface area contributed by atoms with E-state index in [-0.39, 0.29) is 17.7 Å². The SMILES string of the molecule is O=C(O)c1ccc(C(=O)N2CCC(O)CC2)cn1. The van der Waals surface area contributed by atoms with Crippen LogP contribution in [0.3, 0.4) is 0 Å². The number of piperidine rings is 1. The number of pyridine rings is 1. The highest BCUT2D eigenvalue weighted by Crippen LogP contribution is 2.13. The number of aliphatic hydroxyl groups excluding tert-OH is 1. The number of rotatable bonds is 2. The quantitative estimate of drug-likeness (QED) is 0.791. The first-order chi connectivity index (χ1) is 8.58. The Bertz CT molecular complexity index is 450. The minimum absolute atomic E-state index is 0.0828. The topological polar surface area (TPSA) is 90.7 Å². The largest absolute Gasteiger partial charge is 0.477 e. The van der Waals surface area contributed by atoms with Crippen LogP contribution in [0.25, 0.3) is 0 Å². The molecule has 2 heterocycles. The molecule has 2 rings (SSSR count). The Hall–Kier alpha value is -1.95. The summed E-state index contributed by atoms with van der Waals surface area (Å²) in [5, 5.41) is 18.1. The van der Waals surface area contributed by atoms with Gasteiger partial charge in [-0.1, -0.05) is 0 Å². The minimum Gasteiger partial charge on any atom is -0.477 e. The van der Waals surface area contributed by atoms with E-state index in [9.17, 15) is 14.7 Å². The van der Waals surface area contributed by atoms with Crippen molar-refractivity contribution in [2.24, 2.45) is 0 Å². The molecule has 0 spiro atoms. The molecular weight excluding hydrogens is 236 g/mol. The first-order valence-corrected chi connectivity index (χ1v) is 5.74. The summed E-state index contributed by atoms with van der Waals surface area (Å²) in [4.78, 5) is 28.0. The second-order valence-electron chi connectivity index (χ2n) is 4.26. The van der Waals surface area contributed by atoms with Gasteiger partial charge in [0.2, 0.25) is 0 Å². The van der Waals surface area contributed by atoms with Crippen LogP contribution in [-0.2, 0) is 0 Å².